The maximum atomic E-state index is 11.9. The summed E-state index contributed by atoms with van der Waals surface area (Å²) in [5.74, 6) is -1.07. The van der Waals surface area contributed by atoms with E-state index in [-0.39, 0.29) is 17.1 Å². The number of hydrogen-bond donors (Lipinski definition) is 1. The molecule has 0 radical (unpaired) electrons. The highest BCUT2D eigenvalue weighted by Gasteiger charge is 2.19. The molecule has 0 heterocycles. The first-order chi connectivity index (χ1) is 9.00. The van der Waals surface area contributed by atoms with E-state index in [0.717, 1.165) is 5.39 Å². The molecule has 1 unspecified atom stereocenters. The molecule has 0 saturated heterocycles. The molecular weight excluding hydrogens is 244 g/mol. The molecule has 0 aliphatic carbocycles. The summed E-state index contributed by atoms with van der Waals surface area (Å²) in [6, 6.07) is 10.4. The van der Waals surface area contributed by atoms with E-state index in [2.05, 4.69) is 0 Å². The number of esters is 1. The molecule has 2 rings (SSSR count). The van der Waals surface area contributed by atoms with E-state index in [0.29, 0.717) is 5.39 Å². The summed E-state index contributed by atoms with van der Waals surface area (Å²) in [5, 5.41) is 11.5. The van der Waals surface area contributed by atoms with Crippen LogP contribution in [0.2, 0.25) is 0 Å². The van der Waals surface area contributed by atoms with Crippen LogP contribution >= 0.6 is 0 Å². The zero-order valence-corrected chi connectivity index (χ0v) is 10.7. The number of phenols is 1. The number of carbonyl (C=O) groups is 2. The number of benzene rings is 2. The molecule has 98 valence electrons. The van der Waals surface area contributed by atoms with Crippen molar-refractivity contribution in [2.45, 2.75) is 20.0 Å². The van der Waals surface area contributed by atoms with Gasteiger partial charge in [0.1, 0.15) is 11.3 Å². The van der Waals surface area contributed by atoms with E-state index >= 15 is 0 Å². The predicted octanol–water partition coefficient (Wildman–Crippen LogP) is 2.68. The SMILES string of the molecule is CC(=O)C(C)OC(=O)c1ccc2ccccc2c1O. The van der Waals surface area contributed by atoms with Crippen molar-refractivity contribution in [1.82, 2.24) is 0 Å². The number of fused-ring (bicyclic) bond motifs is 1. The maximum Gasteiger partial charge on any atom is 0.342 e. The van der Waals surface area contributed by atoms with Gasteiger partial charge in [0.25, 0.3) is 0 Å². The monoisotopic (exact) mass is 258 g/mol. The zero-order valence-electron chi connectivity index (χ0n) is 10.7. The number of aromatic hydroxyl groups is 1. The predicted molar refractivity (Wildman–Crippen MR) is 71.2 cm³/mol. The van der Waals surface area contributed by atoms with Gasteiger partial charge in [0.2, 0.25) is 0 Å². The fraction of sp³-hybridized carbons (Fsp3) is 0.200. The van der Waals surface area contributed by atoms with Gasteiger partial charge in [0.05, 0.1) is 0 Å². The number of carbonyl (C=O) groups excluding carboxylic acids is 2. The Balaban J connectivity index is 2.38. The van der Waals surface area contributed by atoms with E-state index in [1.165, 1.54) is 19.9 Å². The van der Waals surface area contributed by atoms with Gasteiger partial charge in [-0.05, 0) is 25.3 Å². The van der Waals surface area contributed by atoms with Crippen molar-refractivity contribution in [3.8, 4) is 5.75 Å². The number of ketones is 1. The van der Waals surface area contributed by atoms with Gasteiger partial charge in [-0.2, -0.15) is 0 Å². The molecule has 0 aromatic heterocycles. The van der Waals surface area contributed by atoms with E-state index < -0.39 is 12.1 Å². The van der Waals surface area contributed by atoms with Crippen LogP contribution in [0.4, 0.5) is 0 Å². The van der Waals surface area contributed by atoms with Gasteiger partial charge in [0.15, 0.2) is 11.9 Å². The third-order valence-corrected chi connectivity index (χ3v) is 2.98. The summed E-state index contributed by atoms with van der Waals surface area (Å²) >= 11 is 0. The lowest BCUT2D eigenvalue weighted by Crippen LogP contribution is -2.21. The van der Waals surface area contributed by atoms with Crippen molar-refractivity contribution in [2.24, 2.45) is 0 Å². The molecule has 0 bridgehead atoms. The minimum atomic E-state index is -0.821. The Bertz CT molecular complexity index is 646. The second kappa shape index (κ2) is 5.10. The van der Waals surface area contributed by atoms with Crippen molar-refractivity contribution in [3.63, 3.8) is 0 Å². The van der Waals surface area contributed by atoms with Crippen LogP contribution in [-0.2, 0) is 9.53 Å². The normalized spacial score (nSPS) is 12.1. The molecule has 0 fully saturated rings. The molecule has 0 spiro atoms. The molecule has 1 atom stereocenters. The molecule has 0 aliphatic rings. The highest BCUT2D eigenvalue weighted by Crippen LogP contribution is 2.29. The van der Waals surface area contributed by atoms with Crippen molar-refractivity contribution in [1.29, 1.82) is 0 Å². The van der Waals surface area contributed by atoms with Gasteiger partial charge < -0.3 is 9.84 Å². The highest BCUT2D eigenvalue weighted by atomic mass is 16.5. The molecule has 4 nitrogen and oxygen atoms in total. The Morgan fingerprint density at radius 1 is 1.16 bits per heavy atom. The first-order valence-corrected chi connectivity index (χ1v) is 5.93. The largest absolute Gasteiger partial charge is 0.506 e. The molecule has 1 N–H and O–H groups in total. The second-order valence-electron chi connectivity index (χ2n) is 4.34. The third-order valence-electron chi connectivity index (χ3n) is 2.98. The minimum Gasteiger partial charge on any atom is -0.506 e. The van der Waals surface area contributed by atoms with Gasteiger partial charge in [-0.1, -0.05) is 30.3 Å². The summed E-state index contributed by atoms with van der Waals surface area (Å²) in [7, 11) is 0. The van der Waals surface area contributed by atoms with Gasteiger partial charge in [-0.25, -0.2) is 4.79 Å². The van der Waals surface area contributed by atoms with Gasteiger partial charge in [-0.3, -0.25) is 4.79 Å². The average molecular weight is 258 g/mol. The van der Waals surface area contributed by atoms with Crippen LogP contribution in [0.15, 0.2) is 36.4 Å². The Morgan fingerprint density at radius 2 is 1.84 bits per heavy atom. The summed E-state index contributed by atoms with van der Waals surface area (Å²) in [5.41, 5.74) is 0.0619. The third kappa shape index (κ3) is 2.57. The highest BCUT2D eigenvalue weighted by molar-refractivity contribution is 6.01. The van der Waals surface area contributed by atoms with Crippen LogP contribution in [0.25, 0.3) is 10.8 Å². The lowest BCUT2D eigenvalue weighted by Gasteiger charge is -2.11. The molecule has 0 aliphatic heterocycles. The van der Waals surface area contributed by atoms with Crippen molar-refractivity contribution in [2.75, 3.05) is 0 Å². The maximum absolute atomic E-state index is 11.9. The fourth-order valence-electron chi connectivity index (χ4n) is 1.73. The van der Waals surface area contributed by atoms with E-state index in [1.54, 1.807) is 18.2 Å². The molecular formula is C15H14O4. The lowest BCUT2D eigenvalue weighted by atomic mass is 10.1. The standard InChI is InChI=1S/C15H14O4/c1-9(16)10(2)19-15(18)13-8-7-11-5-3-4-6-12(11)14(13)17/h3-8,10,17H,1-2H3. The van der Waals surface area contributed by atoms with Gasteiger partial charge in [-0.15, -0.1) is 0 Å². The Hall–Kier alpha value is -2.36. The number of ether oxygens (including phenoxy) is 1. The second-order valence-corrected chi connectivity index (χ2v) is 4.34. The first kappa shape index (κ1) is 13.1. The molecule has 2 aromatic carbocycles. The Labute approximate surface area is 110 Å². The number of phenolic OH excluding ortho intramolecular Hbond substituents is 1. The molecule has 19 heavy (non-hydrogen) atoms. The van der Waals surface area contributed by atoms with Crippen molar-refractivity contribution in [3.05, 3.63) is 42.0 Å². The van der Waals surface area contributed by atoms with Crippen LogP contribution < -0.4 is 0 Å². The van der Waals surface area contributed by atoms with Crippen LogP contribution in [0.1, 0.15) is 24.2 Å². The fourth-order valence-corrected chi connectivity index (χ4v) is 1.73. The topological polar surface area (TPSA) is 63.6 Å². The summed E-state index contributed by atoms with van der Waals surface area (Å²) < 4.78 is 4.98. The van der Waals surface area contributed by atoms with Crippen molar-refractivity contribution < 1.29 is 19.4 Å². The molecule has 2 aromatic rings. The Kier molecular flexibility index (Phi) is 3.51. The average Bonchev–Trinajstić information content (AvgIpc) is 2.39. The summed E-state index contributed by atoms with van der Waals surface area (Å²) in [6.45, 7) is 2.84. The van der Waals surface area contributed by atoms with E-state index in [9.17, 15) is 14.7 Å². The smallest absolute Gasteiger partial charge is 0.342 e. The van der Waals surface area contributed by atoms with E-state index in [4.69, 9.17) is 4.74 Å². The molecule has 0 amide bonds. The number of hydrogen-bond acceptors (Lipinski definition) is 4. The van der Waals surface area contributed by atoms with Crippen molar-refractivity contribution >= 4 is 22.5 Å². The quantitative estimate of drug-likeness (QED) is 0.860. The molecule has 0 saturated carbocycles. The number of Topliss-reactive ketones (excluding diaryl/α,β-unsaturated/α-hetero) is 1. The van der Waals surface area contributed by atoms with Gasteiger partial charge in [0, 0.05) is 5.39 Å². The van der Waals surface area contributed by atoms with E-state index in [1.807, 2.05) is 12.1 Å². The zero-order chi connectivity index (χ0) is 14.0. The Morgan fingerprint density at radius 3 is 2.53 bits per heavy atom. The first-order valence-electron chi connectivity index (χ1n) is 5.93. The van der Waals surface area contributed by atoms with Crippen LogP contribution in [0, 0.1) is 0 Å². The summed E-state index contributed by atoms with van der Waals surface area (Å²) in [4.78, 5) is 23.0. The molecule has 4 heteroatoms. The van der Waals surface area contributed by atoms with Gasteiger partial charge >= 0.3 is 5.97 Å². The van der Waals surface area contributed by atoms with Crippen LogP contribution in [0.5, 0.6) is 5.75 Å². The lowest BCUT2D eigenvalue weighted by molar-refractivity contribution is -0.124. The van der Waals surface area contributed by atoms with Crippen LogP contribution in [-0.4, -0.2) is 23.0 Å². The number of rotatable bonds is 3. The minimum absolute atomic E-state index is 0.0619. The summed E-state index contributed by atoms with van der Waals surface area (Å²) in [6.07, 6.45) is -0.821. The van der Waals surface area contributed by atoms with Crippen LogP contribution in [0.3, 0.4) is 0 Å².